The van der Waals surface area contributed by atoms with Gasteiger partial charge in [-0.05, 0) is 99.8 Å². The fraction of sp³-hybridized carbons (Fsp3) is 0.645. The first-order valence-corrected chi connectivity index (χ1v) is 30.1. The molecule has 4 rings (SSSR count). The molecule has 9 amide bonds. The van der Waals surface area contributed by atoms with E-state index in [1.807, 2.05) is 60.5 Å². The van der Waals surface area contributed by atoms with Crippen molar-refractivity contribution in [3.8, 4) is 5.75 Å². The lowest BCUT2D eigenvalue weighted by atomic mass is 9.89. The number of aliphatic carboxylic acids is 1. The second-order valence-electron chi connectivity index (χ2n) is 23.9. The third kappa shape index (κ3) is 21.6. The number of benzene rings is 2. The summed E-state index contributed by atoms with van der Waals surface area (Å²) in [6, 6.07) is 8.83. The molecule has 2 saturated heterocycles. The zero-order chi connectivity index (χ0) is 64.8. The third-order valence-corrected chi connectivity index (χ3v) is 16.5. The smallest absolute Gasteiger partial charge is 0.306 e. The number of anilines is 1. The Bertz CT molecular complexity index is 2620. The molecule has 2 aromatic rings. The van der Waals surface area contributed by atoms with Gasteiger partial charge in [-0.3, -0.25) is 57.7 Å². The van der Waals surface area contributed by atoms with Crippen molar-refractivity contribution in [1.82, 2.24) is 41.0 Å². The highest BCUT2D eigenvalue weighted by molar-refractivity contribution is 5.97. The molecule has 2 aromatic carbocycles. The number of likely N-dealkylation sites (N-methyl/N-ethyl adjacent to an activating group) is 2. The second-order valence-corrected chi connectivity index (χ2v) is 23.9. The van der Waals surface area contributed by atoms with Crippen LogP contribution >= 0.6 is 0 Å². The summed E-state index contributed by atoms with van der Waals surface area (Å²) in [7, 11) is 8.35. The second kappa shape index (κ2) is 34.9. The number of carbonyl (C=O) groups is 10. The van der Waals surface area contributed by atoms with Gasteiger partial charge in [-0.1, -0.05) is 79.2 Å². The normalized spacial score (nSPS) is 17.6. The lowest BCUT2D eigenvalue weighted by Gasteiger charge is -2.41. The maximum absolute atomic E-state index is 14.4. The number of hydrogen-bond donors (Lipinski definition) is 7. The Kier molecular flexibility index (Phi) is 29.0. The minimum atomic E-state index is -1.11. The van der Waals surface area contributed by atoms with Crippen LogP contribution in [0.2, 0.25) is 0 Å². The molecule has 25 nitrogen and oxygen atoms in total. The van der Waals surface area contributed by atoms with Crippen LogP contribution in [0.15, 0.2) is 48.5 Å². The van der Waals surface area contributed by atoms with Gasteiger partial charge in [0.15, 0.2) is 6.61 Å². The van der Waals surface area contributed by atoms with Crippen molar-refractivity contribution in [2.75, 3.05) is 66.9 Å². The number of hydroxylamine groups is 1. The van der Waals surface area contributed by atoms with Gasteiger partial charge in [0.05, 0.1) is 55.2 Å². The molecule has 0 bridgehead atoms. The van der Waals surface area contributed by atoms with Gasteiger partial charge >= 0.3 is 5.97 Å². The van der Waals surface area contributed by atoms with Gasteiger partial charge in [0.1, 0.15) is 23.9 Å². The Balaban J connectivity index is 1.24. The van der Waals surface area contributed by atoms with Crippen LogP contribution in [0, 0.1) is 29.6 Å². The quantitative estimate of drug-likeness (QED) is 0.0495. The molecule has 0 spiro atoms. The number of piperidine rings is 1. The van der Waals surface area contributed by atoms with E-state index in [1.54, 1.807) is 77.2 Å². The number of nitrogens with one attached hydrogen (secondary N) is 5. The maximum atomic E-state index is 14.4. The van der Waals surface area contributed by atoms with Crippen molar-refractivity contribution in [2.24, 2.45) is 35.3 Å². The molecule has 2 fully saturated rings. The van der Waals surface area contributed by atoms with Crippen LogP contribution in [0.5, 0.6) is 5.75 Å². The van der Waals surface area contributed by atoms with Crippen LogP contribution in [-0.2, 0) is 75.3 Å². The van der Waals surface area contributed by atoms with Crippen molar-refractivity contribution in [1.29, 1.82) is 0 Å². The van der Waals surface area contributed by atoms with E-state index in [0.29, 0.717) is 74.3 Å². The molecule has 0 saturated carbocycles. The zero-order valence-electron chi connectivity index (χ0n) is 53.1. The Morgan fingerprint density at radius 1 is 0.724 bits per heavy atom. The molecule has 87 heavy (non-hydrogen) atoms. The minimum absolute atomic E-state index is 0.000617. The summed E-state index contributed by atoms with van der Waals surface area (Å²) in [5.74, 6) is -5.98. The number of amides is 9. The zero-order valence-corrected chi connectivity index (χ0v) is 53.1. The number of nitrogens with two attached hydrogens (primary N) is 1. The number of ether oxygens (including phenoxy) is 3. The number of primary amides is 1. The number of rotatable bonds is 34. The summed E-state index contributed by atoms with van der Waals surface area (Å²) in [6.07, 6.45) is 0.946. The number of likely N-dealkylation sites (tertiary alicyclic amines) is 2. The molecule has 484 valence electrons. The molecule has 0 radical (unpaired) electrons. The van der Waals surface area contributed by atoms with Gasteiger partial charge in [-0.15, -0.1) is 0 Å². The van der Waals surface area contributed by atoms with E-state index in [-0.39, 0.29) is 73.7 Å². The van der Waals surface area contributed by atoms with Crippen LogP contribution in [0.4, 0.5) is 5.69 Å². The van der Waals surface area contributed by atoms with Crippen molar-refractivity contribution in [3.05, 3.63) is 59.7 Å². The molecule has 0 aliphatic carbocycles. The van der Waals surface area contributed by atoms with Gasteiger partial charge in [0.25, 0.3) is 5.91 Å². The van der Waals surface area contributed by atoms with Crippen LogP contribution < -0.4 is 37.2 Å². The molecule has 10 unspecified atom stereocenters. The molecule has 2 aliphatic rings. The largest absolute Gasteiger partial charge is 0.484 e. The van der Waals surface area contributed by atoms with Gasteiger partial charge in [0.2, 0.25) is 47.3 Å². The average molecular weight is 1220 g/mol. The molecule has 8 N–H and O–H groups in total. The van der Waals surface area contributed by atoms with Crippen molar-refractivity contribution >= 4 is 64.8 Å². The summed E-state index contributed by atoms with van der Waals surface area (Å²) < 4.78 is 17.6. The number of nitrogens with zero attached hydrogens (tertiary/aromatic N) is 4. The van der Waals surface area contributed by atoms with Crippen molar-refractivity contribution < 1.29 is 72.1 Å². The minimum Gasteiger partial charge on any atom is -0.484 e. The Hall–Kier alpha value is -7.22. The molecular weight excluding hydrogens is 1120 g/mol. The van der Waals surface area contributed by atoms with Crippen LogP contribution in [-0.4, -0.2) is 194 Å². The Labute approximate surface area is 512 Å². The number of carboxylic acid groups (broad SMARTS) is 1. The van der Waals surface area contributed by atoms with Crippen molar-refractivity contribution in [2.45, 2.75) is 168 Å². The monoisotopic (exact) mass is 1220 g/mol. The summed E-state index contributed by atoms with van der Waals surface area (Å²) in [6.45, 7) is 15.5. The average Bonchev–Trinajstić information content (AvgIpc) is 2.95. The van der Waals surface area contributed by atoms with E-state index < -0.39 is 102 Å². The van der Waals surface area contributed by atoms with E-state index in [9.17, 15) is 47.9 Å². The number of methoxy groups -OCH3 is 2. The van der Waals surface area contributed by atoms with Gasteiger partial charge in [-0.2, -0.15) is 0 Å². The van der Waals surface area contributed by atoms with E-state index in [2.05, 4.69) is 26.7 Å². The fourth-order valence-electron chi connectivity index (χ4n) is 11.3. The Morgan fingerprint density at radius 3 is 1.91 bits per heavy atom. The molecule has 2 heterocycles. The van der Waals surface area contributed by atoms with Gasteiger partial charge in [0, 0.05) is 65.9 Å². The van der Waals surface area contributed by atoms with Crippen LogP contribution in [0.3, 0.4) is 0 Å². The lowest BCUT2D eigenvalue weighted by molar-refractivity contribution is -0.148. The highest BCUT2D eigenvalue weighted by atomic mass is 16.7. The SMILES string of the molecule is CCC(C)C(C(CC(=O)N1CCCC1C(OC)C(C)C(=O)NC(Cc1ccc(OCC(=O)NOCc2ccc(NC(=O)C(C)NC(=O)CCC(=O)N3CCC(C(=O)O)CC3)cc2)cc1)C(N)=O)OC)N(C)C(=O)C(NC(=O)C(C(C)C)N(C)C)C(C)C. The van der Waals surface area contributed by atoms with E-state index in [1.165, 1.54) is 21.1 Å². The predicted octanol–water partition coefficient (Wildman–Crippen LogP) is 3.02. The van der Waals surface area contributed by atoms with E-state index in [0.717, 1.165) is 0 Å². The third-order valence-electron chi connectivity index (χ3n) is 16.5. The molecule has 10 atom stereocenters. The highest BCUT2D eigenvalue weighted by Gasteiger charge is 2.44. The van der Waals surface area contributed by atoms with E-state index >= 15 is 0 Å². The Morgan fingerprint density at radius 2 is 1.36 bits per heavy atom. The van der Waals surface area contributed by atoms with Crippen LogP contribution in [0.1, 0.15) is 118 Å². The predicted molar refractivity (Wildman–Crippen MR) is 324 cm³/mol. The lowest BCUT2D eigenvalue weighted by Crippen LogP contribution is -2.59. The molecule has 0 aromatic heterocycles. The van der Waals surface area contributed by atoms with Gasteiger partial charge < -0.3 is 61.0 Å². The maximum Gasteiger partial charge on any atom is 0.306 e. The van der Waals surface area contributed by atoms with E-state index in [4.69, 9.17) is 29.9 Å². The standard InChI is InChI=1S/C62H96N10O15/c1-14-38(6)55(70(11)61(81)53(36(2)3)67-60(80)54(37(4)5)69(9)10)48(84-12)33-52(76)72-29-15-16-47(72)56(85-13)39(7)58(78)66-46(57(63)77)32-41-19-23-45(24-20-41)86-35-50(74)68-87-34-42-17-21-44(22-18-42)65-59(79)40(8)64-49(73)25-26-51(75)71-30-27-43(28-31-71)62(82)83/h17-24,36-40,43,46-48,53-56H,14-16,25-35H2,1-13H3,(H2,63,77)(H,64,73)(H,65,79)(H,66,78)(H,67,80)(H,68,74)(H,82,83). The summed E-state index contributed by atoms with van der Waals surface area (Å²) in [5, 5.41) is 20.3. The van der Waals surface area contributed by atoms with Crippen molar-refractivity contribution in [3.63, 3.8) is 0 Å². The van der Waals surface area contributed by atoms with Gasteiger partial charge in [-0.25, -0.2) is 5.48 Å². The fourth-order valence-corrected chi connectivity index (χ4v) is 11.3. The number of carbonyl (C=O) groups excluding carboxylic acids is 9. The summed E-state index contributed by atoms with van der Waals surface area (Å²) >= 11 is 0. The molecule has 25 heteroatoms. The highest BCUT2D eigenvalue weighted by Crippen LogP contribution is 2.30. The molecular formula is C62H96N10O15. The summed E-state index contributed by atoms with van der Waals surface area (Å²) in [4.78, 5) is 143. The number of hydrogen-bond acceptors (Lipinski definition) is 15. The summed E-state index contributed by atoms with van der Waals surface area (Å²) in [5.41, 5.74) is 9.87. The first-order valence-electron chi connectivity index (χ1n) is 30.1. The molecule has 2 aliphatic heterocycles. The van der Waals surface area contributed by atoms with Crippen LogP contribution in [0.25, 0.3) is 0 Å². The first-order chi connectivity index (χ1) is 41.1. The first kappa shape index (κ1) is 72.3. The number of carboxylic acids is 1. The topological polar surface area (TPSA) is 327 Å².